The molecule has 1 saturated heterocycles. The topological polar surface area (TPSA) is 139 Å². The van der Waals surface area contributed by atoms with Gasteiger partial charge in [0.1, 0.15) is 6.10 Å². The van der Waals surface area contributed by atoms with Gasteiger partial charge in [-0.2, -0.15) is 4.31 Å². The van der Waals surface area contributed by atoms with Gasteiger partial charge in [0.2, 0.25) is 15.9 Å². The van der Waals surface area contributed by atoms with E-state index in [0.29, 0.717) is 17.9 Å². The van der Waals surface area contributed by atoms with Crippen LogP contribution < -0.4 is 14.8 Å². The van der Waals surface area contributed by atoms with Gasteiger partial charge in [-0.1, -0.05) is 12.1 Å². The van der Waals surface area contributed by atoms with Gasteiger partial charge in [-0.25, -0.2) is 8.42 Å². The first kappa shape index (κ1) is 29.6. The Hall–Kier alpha value is -4.13. The predicted octanol–water partition coefficient (Wildman–Crippen LogP) is 2.73. The Kier molecular flexibility index (Phi) is 6.88. The number of piperidine rings is 1. The average Bonchev–Trinajstić information content (AvgIpc) is 3.67. The fraction of sp³-hybridized carbons (Fsp3) is 0.394. The van der Waals surface area contributed by atoms with Crippen LogP contribution in [-0.2, 0) is 26.7 Å². The maximum absolute atomic E-state index is 14.3. The minimum atomic E-state index is -4.11. The van der Waals surface area contributed by atoms with Crippen molar-refractivity contribution in [3.05, 3.63) is 83.3 Å². The van der Waals surface area contributed by atoms with Crippen LogP contribution in [0.1, 0.15) is 46.3 Å². The Labute approximate surface area is 261 Å². The van der Waals surface area contributed by atoms with Crippen LogP contribution in [0.4, 0.5) is 0 Å². The van der Waals surface area contributed by atoms with Gasteiger partial charge in [0.15, 0.2) is 11.5 Å². The molecule has 11 nitrogen and oxygen atoms in total. The monoisotopic (exact) mass is 633 g/mol. The van der Waals surface area contributed by atoms with Crippen LogP contribution in [-0.4, -0.2) is 86.1 Å². The van der Waals surface area contributed by atoms with E-state index in [-0.39, 0.29) is 48.1 Å². The highest BCUT2D eigenvalue weighted by Crippen LogP contribution is 2.65. The van der Waals surface area contributed by atoms with Crippen molar-refractivity contribution in [2.45, 2.75) is 59.8 Å². The summed E-state index contributed by atoms with van der Waals surface area (Å²) in [5.74, 6) is 0.454. The molecule has 7 rings (SSSR count). The van der Waals surface area contributed by atoms with Gasteiger partial charge in [0, 0.05) is 43.4 Å². The van der Waals surface area contributed by atoms with Crippen LogP contribution in [0.5, 0.6) is 11.5 Å². The van der Waals surface area contributed by atoms with Crippen LogP contribution in [0.3, 0.4) is 0 Å². The highest BCUT2D eigenvalue weighted by Gasteiger charge is 2.74. The maximum atomic E-state index is 14.3. The highest BCUT2D eigenvalue weighted by atomic mass is 32.2. The molecule has 1 saturated carbocycles. The molecule has 2 bridgehead atoms. The van der Waals surface area contributed by atoms with Crippen LogP contribution >= 0.6 is 0 Å². The predicted molar refractivity (Wildman–Crippen MR) is 163 cm³/mol. The molecule has 1 spiro atoms. The van der Waals surface area contributed by atoms with E-state index in [1.807, 2.05) is 6.07 Å². The maximum Gasteiger partial charge on any atom is 0.253 e. The molecule has 4 aliphatic rings. The summed E-state index contributed by atoms with van der Waals surface area (Å²) in [6.07, 6.45) is 6.67. The third kappa shape index (κ3) is 4.26. The molecule has 2 N–H and O–H groups in total. The third-order valence-corrected chi connectivity index (χ3v) is 11.9. The van der Waals surface area contributed by atoms with Crippen LogP contribution in [0.15, 0.2) is 70.4 Å². The number of hydrogen-bond donors (Lipinski definition) is 2. The zero-order valence-corrected chi connectivity index (χ0v) is 26.0. The van der Waals surface area contributed by atoms with Crippen molar-refractivity contribution in [2.75, 3.05) is 27.7 Å². The van der Waals surface area contributed by atoms with E-state index in [1.54, 1.807) is 51.5 Å². The highest BCUT2D eigenvalue weighted by molar-refractivity contribution is 7.89. The number of ether oxygens (including phenoxy) is 2. The molecule has 1 aromatic heterocycles. The summed E-state index contributed by atoms with van der Waals surface area (Å²) in [5.41, 5.74) is 0.273. The number of carbonyl (C=O) groups excluding carboxylic acids is 2. The summed E-state index contributed by atoms with van der Waals surface area (Å²) < 4.78 is 47.4. The van der Waals surface area contributed by atoms with E-state index < -0.39 is 39.2 Å². The van der Waals surface area contributed by atoms with Gasteiger partial charge in [0.05, 0.1) is 47.6 Å². The summed E-state index contributed by atoms with van der Waals surface area (Å²) >= 11 is 0. The molecule has 2 aromatic carbocycles. The van der Waals surface area contributed by atoms with Crippen molar-refractivity contribution in [3.8, 4) is 11.5 Å². The normalized spacial score (nSPS) is 28.3. The van der Waals surface area contributed by atoms with E-state index in [0.717, 1.165) is 16.7 Å². The molecule has 2 fully saturated rings. The van der Waals surface area contributed by atoms with Crippen molar-refractivity contribution in [3.63, 3.8) is 0 Å². The lowest BCUT2D eigenvalue weighted by Gasteiger charge is -2.63. The van der Waals surface area contributed by atoms with E-state index in [1.165, 1.54) is 39.9 Å². The molecule has 236 valence electrons. The second-order valence-corrected chi connectivity index (χ2v) is 14.3. The van der Waals surface area contributed by atoms with Gasteiger partial charge >= 0.3 is 0 Å². The van der Waals surface area contributed by atoms with E-state index >= 15 is 0 Å². The summed E-state index contributed by atoms with van der Waals surface area (Å²) in [4.78, 5) is 27.1. The molecule has 45 heavy (non-hydrogen) atoms. The number of methoxy groups -OCH3 is 1. The van der Waals surface area contributed by atoms with Gasteiger partial charge in [0.25, 0.3) is 5.91 Å². The van der Waals surface area contributed by atoms with E-state index in [9.17, 15) is 23.1 Å². The zero-order chi connectivity index (χ0) is 31.7. The lowest BCUT2D eigenvalue weighted by molar-refractivity contribution is -0.177. The first-order valence-corrected chi connectivity index (χ1v) is 16.4. The molecule has 3 aromatic rings. The summed E-state index contributed by atoms with van der Waals surface area (Å²) in [5, 5.41) is 15.9. The summed E-state index contributed by atoms with van der Waals surface area (Å²) in [6.45, 7) is 0.123. The molecule has 2 aliphatic heterocycles. The number of benzene rings is 2. The van der Waals surface area contributed by atoms with Crippen molar-refractivity contribution in [2.24, 2.45) is 0 Å². The Balaban J connectivity index is 1.28. The fourth-order valence-electron chi connectivity index (χ4n) is 8.05. The Morgan fingerprint density at radius 2 is 2.00 bits per heavy atom. The number of rotatable bonds is 7. The van der Waals surface area contributed by atoms with Crippen molar-refractivity contribution < 1.29 is 37.0 Å². The van der Waals surface area contributed by atoms with Crippen molar-refractivity contribution in [1.29, 1.82) is 0 Å². The second-order valence-electron chi connectivity index (χ2n) is 12.4. The number of furan rings is 1. The quantitative estimate of drug-likeness (QED) is 0.379. The van der Waals surface area contributed by atoms with Gasteiger partial charge < -0.3 is 29.2 Å². The molecule has 0 unspecified atom stereocenters. The second kappa shape index (κ2) is 10.5. The molecule has 5 atom stereocenters. The number of sulfonamides is 1. The standard InChI is InChI=1S/C33H35N3O8S/c1-35(2)31(38)22-5-4-6-23(17-22)45(40,41)36-15-14-32-28-21-8-9-25(42-3)29(28)44-30(32)24(11-13-33(32,39)26(36)18-21)34-27(37)10-7-20-12-16-43-19-20/h4-10,12,16-17,19,24,26,30,39H,11,13-15,18H2,1-3H3,(H,34,37)/b10-7+/t24-,26-,30+,32+,33-/m1/s1. The number of carbonyl (C=O) groups is 2. The molecule has 2 aliphatic carbocycles. The van der Waals surface area contributed by atoms with E-state index in [4.69, 9.17) is 13.9 Å². The SMILES string of the molecule is COc1ccc2c3c1O[C@H]1[C@H](NC(=O)/C=C/c4ccoc4)CC[C@@]4(O)[C@@H](C2)N(S(=O)(=O)c2cccc(C(=O)N(C)C)c2)CC[C@]314. The minimum absolute atomic E-state index is 0.000507. The summed E-state index contributed by atoms with van der Waals surface area (Å²) in [6, 6.07) is 10.3. The molecule has 3 heterocycles. The molecule has 2 amide bonds. The first-order valence-electron chi connectivity index (χ1n) is 14.9. The Morgan fingerprint density at radius 3 is 2.73 bits per heavy atom. The molecule has 12 heteroatoms. The average molecular weight is 634 g/mol. The lowest BCUT2D eigenvalue weighted by Crippen LogP contribution is -2.78. The minimum Gasteiger partial charge on any atom is -0.493 e. The smallest absolute Gasteiger partial charge is 0.253 e. The summed E-state index contributed by atoms with van der Waals surface area (Å²) in [7, 11) is 0.669. The Morgan fingerprint density at radius 1 is 1.18 bits per heavy atom. The number of amides is 2. The van der Waals surface area contributed by atoms with Crippen molar-refractivity contribution in [1.82, 2.24) is 14.5 Å². The number of nitrogens with zero attached hydrogens (tertiary/aromatic N) is 2. The van der Waals surface area contributed by atoms with Crippen LogP contribution in [0.25, 0.3) is 6.08 Å². The Bertz CT molecular complexity index is 1820. The number of hydrogen-bond acceptors (Lipinski definition) is 8. The number of nitrogens with one attached hydrogen (secondary N) is 1. The molecular formula is C33H35N3O8S. The van der Waals surface area contributed by atoms with Gasteiger partial charge in [-0.05, 0) is 67.7 Å². The first-order chi connectivity index (χ1) is 21.5. The van der Waals surface area contributed by atoms with Gasteiger partial charge in [-0.15, -0.1) is 0 Å². The van der Waals surface area contributed by atoms with Crippen LogP contribution in [0, 0.1) is 0 Å². The molecule has 0 radical (unpaired) electrons. The number of aliphatic hydroxyl groups is 1. The lowest BCUT2D eigenvalue weighted by atomic mass is 9.48. The fourth-order valence-corrected chi connectivity index (χ4v) is 9.76. The van der Waals surface area contributed by atoms with Gasteiger partial charge in [-0.3, -0.25) is 9.59 Å². The largest absolute Gasteiger partial charge is 0.493 e. The molecular weight excluding hydrogens is 598 g/mol. The van der Waals surface area contributed by atoms with Crippen molar-refractivity contribution >= 4 is 27.9 Å². The third-order valence-electron chi connectivity index (χ3n) is 10.0. The van der Waals surface area contributed by atoms with E-state index in [2.05, 4.69) is 5.32 Å². The zero-order valence-electron chi connectivity index (χ0n) is 25.2. The van der Waals surface area contributed by atoms with Crippen LogP contribution in [0.2, 0.25) is 0 Å².